The highest BCUT2D eigenvalue weighted by Gasteiger charge is 2.27. The highest BCUT2D eigenvalue weighted by atomic mass is 32.1. The SMILES string of the molecule is CC(C)(C(N)=O)c1cccc(-c2cnc(NCCN)s2)c1. The molecule has 1 aromatic carbocycles. The van der Waals surface area contributed by atoms with Crippen LogP contribution in [-0.4, -0.2) is 24.0 Å². The Morgan fingerprint density at radius 2 is 2.19 bits per heavy atom. The van der Waals surface area contributed by atoms with E-state index < -0.39 is 5.41 Å². The van der Waals surface area contributed by atoms with E-state index in [2.05, 4.69) is 10.3 Å². The molecule has 0 bridgehead atoms. The Balaban J connectivity index is 2.29. The number of carbonyl (C=O) groups is 1. The van der Waals surface area contributed by atoms with Crippen LogP contribution in [-0.2, 0) is 10.2 Å². The maximum Gasteiger partial charge on any atom is 0.227 e. The summed E-state index contributed by atoms with van der Waals surface area (Å²) in [6, 6.07) is 7.84. The van der Waals surface area contributed by atoms with Crippen LogP contribution >= 0.6 is 11.3 Å². The van der Waals surface area contributed by atoms with Crippen molar-refractivity contribution in [2.24, 2.45) is 11.5 Å². The fourth-order valence-corrected chi connectivity index (χ4v) is 2.71. The van der Waals surface area contributed by atoms with Gasteiger partial charge in [0.25, 0.3) is 0 Å². The van der Waals surface area contributed by atoms with E-state index >= 15 is 0 Å². The van der Waals surface area contributed by atoms with Gasteiger partial charge in [-0.3, -0.25) is 4.79 Å². The smallest absolute Gasteiger partial charge is 0.227 e. The van der Waals surface area contributed by atoms with Gasteiger partial charge in [-0.25, -0.2) is 4.98 Å². The maximum absolute atomic E-state index is 11.6. The Morgan fingerprint density at radius 3 is 2.86 bits per heavy atom. The lowest BCUT2D eigenvalue weighted by atomic mass is 9.83. The van der Waals surface area contributed by atoms with Crippen molar-refractivity contribution in [3.63, 3.8) is 0 Å². The van der Waals surface area contributed by atoms with Crippen molar-refractivity contribution in [1.29, 1.82) is 0 Å². The molecule has 5 N–H and O–H groups in total. The maximum atomic E-state index is 11.6. The standard InChI is InChI=1S/C15H20N4OS/c1-15(2,13(17)20)11-5-3-4-10(8-11)12-9-19-14(21-12)18-7-6-16/h3-5,8-9H,6-7,16H2,1-2H3,(H2,17,20)(H,18,19). The first-order chi connectivity index (χ1) is 9.95. The molecule has 6 heteroatoms. The summed E-state index contributed by atoms with van der Waals surface area (Å²) in [6.45, 7) is 4.92. The molecule has 21 heavy (non-hydrogen) atoms. The highest BCUT2D eigenvalue weighted by molar-refractivity contribution is 7.18. The minimum atomic E-state index is -0.693. The average molecular weight is 304 g/mol. The van der Waals surface area contributed by atoms with E-state index in [0.717, 1.165) is 21.1 Å². The zero-order valence-electron chi connectivity index (χ0n) is 12.2. The fourth-order valence-electron chi connectivity index (χ4n) is 1.87. The number of hydrogen-bond acceptors (Lipinski definition) is 5. The molecular weight excluding hydrogens is 284 g/mol. The minimum absolute atomic E-state index is 0.339. The summed E-state index contributed by atoms with van der Waals surface area (Å²) < 4.78 is 0. The Kier molecular flexibility index (Phi) is 4.59. The topological polar surface area (TPSA) is 94.0 Å². The average Bonchev–Trinajstić information content (AvgIpc) is 2.94. The van der Waals surface area contributed by atoms with Crippen molar-refractivity contribution in [3.8, 4) is 10.4 Å². The van der Waals surface area contributed by atoms with Crippen LogP contribution in [0.5, 0.6) is 0 Å². The third kappa shape index (κ3) is 3.40. The van der Waals surface area contributed by atoms with Gasteiger partial charge in [0, 0.05) is 19.3 Å². The second-order valence-electron chi connectivity index (χ2n) is 5.32. The van der Waals surface area contributed by atoms with Crippen molar-refractivity contribution in [3.05, 3.63) is 36.0 Å². The van der Waals surface area contributed by atoms with Crippen LogP contribution in [0.2, 0.25) is 0 Å². The molecule has 2 rings (SSSR count). The molecule has 1 aromatic heterocycles. The van der Waals surface area contributed by atoms with E-state index in [1.807, 2.05) is 44.3 Å². The number of nitrogens with zero attached hydrogens (tertiary/aromatic N) is 1. The summed E-state index contributed by atoms with van der Waals surface area (Å²) in [6.07, 6.45) is 1.82. The minimum Gasteiger partial charge on any atom is -0.369 e. The molecule has 0 saturated carbocycles. The molecule has 0 spiro atoms. The summed E-state index contributed by atoms with van der Waals surface area (Å²) in [5.41, 5.74) is 12.2. The molecular formula is C15H20N4OS. The molecule has 5 nitrogen and oxygen atoms in total. The highest BCUT2D eigenvalue weighted by Crippen LogP contribution is 2.32. The first-order valence-electron chi connectivity index (χ1n) is 6.75. The quantitative estimate of drug-likeness (QED) is 0.760. The van der Waals surface area contributed by atoms with Crippen LogP contribution in [0.15, 0.2) is 30.5 Å². The number of hydrogen-bond donors (Lipinski definition) is 3. The van der Waals surface area contributed by atoms with Crippen LogP contribution in [0.3, 0.4) is 0 Å². The zero-order valence-corrected chi connectivity index (χ0v) is 13.0. The third-order valence-electron chi connectivity index (χ3n) is 3.41. The van der Waals surface area contributed by atoms with Gasteiger partial charge in [0.05, 0.1) is 10.3 Å². The van der Waals surface area contributed by atoms with E-state index in [-0.39, 0.29) is 5.91 Å². The lowest BCUT2D eigenvalue weighted by molar-refractivity contribution is -0.122. The van der Waals surface area contributed by atoms with E-state index in [4.69, 9.17) is 11.5 Å². The Labute approximate surface area is 128 Å². The number of thiazole rings is 1. The lowest BCUT2D eigenvalue weighted by Gasteiger charge is -2.21. The van der Waals surface area contributed by atoms with Gasteiger partial charge in [-0.1, -0.05) is 29.5 Å². The van der Waals surface area contributed by atoms with Gasteiger partial charge in [0.15, 0.2) is 5.13 Å². The molecule has 0 aliphatic rings. The van der Waals surface area contributed by atoms with E-state index in [0.29, 0.717) is 13.1 Å². The molecule has 1 heterocycles. The zero-order chi connectivity index (χ0) is 15.5. The molecule has 0 radical (unpaired) electrons. The Bertz CT molecular complexity index is 636. The number of nitrogens with two attached hydrogens (primary N) is 2. The van der Waals surface area contributed by atoms with E-state index in [9.17, 15) is 4.79 Å². The molecule has 0 atom stereocenters. The Morgan fingerprint density at radius 1 is 1.43 bits per heavy atom. The normalized spacial score (nSPS) is 11.4. The summed E-state index contributed by atoms with van der Waals surface area (Å²) in [7, 11) is 0. The number of amides is 1. The number of carbonyl (C=O) groups excluding carboxylic acids is 1. The first-order valence-corrected chi connectivity index (χ1v) is 7.57. The predicted octanol–water partition coefficient (Wildman–Crippen LogP) is 1.94. The second-order valence-corrected chi connectivity index (χ2v) is 6.35. The third-order valence-corrected chi connectivity index (χ3v) is 4.42. The number of benzene rings is 1. The number of aromatic nitrogens is 1. The van der Waals surface area contributed by atoms with Crippen LogP contribution in [0.1, 0.15) is 19.4 Å². The monoisotopic (exact) mass is 304 g/mol. The molecule has 0 fully saturated rings. The van der Waals surface area contributed by atoms with Crippen LogP contribution in [0.4, 0.5) is 5.13 Å². The number of primary amides is 1. The Hall–Kier alpha value is -1.92. The number of rotatable bonds is 6. The molecule has 0 aliphatic heterocycles. The van der Waals surface area contributed by atoms with E-state index in [1.54, 1.807) is 11.3 Å². The molecule has 0 aliphatic carbocycles. The van der Waals surface area contributed by atoms with Gasteiger partial charge in [0.2, 0.25) is 5.91 Å². The summed E-state index contributed by atoms with van der Waals surface area (Å²) in [5.74, 6) is -0.339. The van der Waals surface area contributed by atoms with Crippen molar-refractivity contribution in [1.82, 2.24) is 4.98 Å². The summed E-state index contributed by atoms with van der Waals surface area (Å²) >= 11 is 1.56. The fraction of sp³-hybridized carbons (Fsp3) is 0.333. The lowest BCUT2D eigenvalue weighted by Crippen LogP contribution is -2.35. The predicted molar refractivity (Wildman–Crippen MR) is 87.3 cm³/mol. The molecule has 2 aromatic rings. The van der Waals surface area contributed by atoms with Gasteiger partial charge in [-0.15, -0.1) is 0 Å². The van der Waals surface area contributed by atoms with Gasteiger partial charge >= 0.3 is 0 Å². The second kappa shape index (κ2) is 6.24. The summed E-state index contributed by atoms with van der Waals surface area (Å²) in [5, 5.41) is 4.00. The molecule has 0 saturated heterocycles. The summed E-state index contributed by atoms with van der Waals surface area (Å²) in [4.78, 5) is 16.9. The van der Waals surface area contributed by atoms with Crippen LogP contribution in [0, 0.1) is 0 Å². The van der Waals surface area contributed by atoms with E-state index in [1.165, 1.54) is 0 Å². The van der Waals surface area contributed by atoms with Crippen molar-refractivity contribution >= 4 is 22.4 Å². The van der Waals surface area contributed by atoms with Crippen molar-refractivity contribution < 1.29 is 4.79 Å². The van der Waals surface area contributed by atoms with Crippen LogP contribution < -0.4 is 16.8 Å². The van der Waals surface area contributed by atoms with Gasteiger partial charge < -0.3 is 16.8 Å². The van der Waals surface area contributed by atoms with Gasteiger partial charge in [-0.2, -0.15) is 0 Å². The largest absolute Gasteiger partial charge is 0.369 e. The molecule has 0 unspecified atom stereocenters. The van der Waals surface area contributed by atoms with Gasteiger partial charge in [0.1, 0.15) is 0 Å². The van der Waals surface area contributed by atoms with Gasteiger partial charge in [-0.05, 0) is 31.0 Å². The number of anilines is 1. The molecule has 112 valence electrons. The van der Waals surface area contributed by atoms with Crippen LogP contribution in [0.25, 0.3) is 10.4 Å². The molecule has 1 amide bonds. The number of nitrogens with one attached hydrogen (secondary N) is 1. The van der Waals surface area contributed by atoms with Crippen molar-refractivity contribution in [2.75, 3.05) is 18.4 Å². The first kappa shape index (κ1) is 15.5. The van der Waals surface area contributed by atoms with Crippen molar-refractivity contribution in [2.45, 2.75) is 19.3 Å².